The number of carboxylic acid groups (broad SMARTS) is 1. The summed E-state index contributed by atoms with van der Waals surface area (Å²) in [4.78, 5) is 10.5. The van der Waals surface area contributed by atoms with E-state index >= 15 is 0 Å². The molecule has 0 aliphatic heterocycles. The minimum atomic E-state index is -4.78. The predicted octanol–water partition coefficient (Wildman–Crippen LogP) is 2.83. The minimum Gasteiger partial charge on any atom is -0.506 e. The molecule has 0 fully saturated rings. The maximum atomic E-state index is 12.4. The van der Waals surface area contributed by atoms with E-state index in [-0.39, 0.29) is 4.90 Å². The lowest BCUT2D eigenvalue weighted by Gasteiger charge is -2.12. The summed E-state index contributed by atoms with van der Waals surface area (Å²) in [5.41, 5.74) is -1.84. The average molecular weight is 252 g/mol. The van der Waals surface area contributed by atoms with Crippen LogP contribution in [-0.2, 0) is 6.18 Å². The zero-order valence-corrected chi connectivity index (χ0v) is 8.82. The number of alkyl halides is 3. The zero-order chi connectivity index (χ0) is 12.5. The number of halogens is 3. The van der Waals surface area contributed by atoms with Gasteiger partial charge in [-0.25, -0.2) is 4.79 Å². The van der Waals surface area contributed by atoms with Crippen LogP contribution in [0.3, 0.4) is 0 Å². The van der Waals surface area contributed by atoms with Crippen LogP contribution in [0.4, 0.5) is 13.2 Å². The first-order valence-corrected chi connectivity index (χ1v) is 5.21. The van der Waals surface area contributed by atoms with Crippen LogP contribution in [0.2, 0.25) is 0 Å². The van der Waals surface area contributed by atoms with Gasteiger partial charge in [0, 0.05) is 0 Å². The quantitative estimate of drug-likeness (QED) is 0.794. The first kappa shape index (κ1) is 12.7. The van der Waals surface area contributed by atoms with Gasteiger partial charge in [-0.2, -0.15) is 13.2 Å². The highest BCUT2D eigenvalue weighted by molar-refractivity contribution is 7.98. The first-order valence-electron chi connectivity index (χ1n) is 3.99. The van der Waals surface area contributed by atoms with Gasteiger partial charge in [-0.15, -0.1) is 11.8 Å². The summed E-state index contributed by atoms with van der Waals surface area (Å²) in [6.45, 7) is 0. The first-order chi connectivity index (χ1) is 7.27. The Labute approximate surface area is 92.9 Å². The monoisotopic (exact) mass is 252 g/mol. The zero-order valence-electron chi connectivity index (χ0n) is 8.00. The van der Waals surface area contributed by atoms with Crippen molar-refractivity contribution >= 4 is 17.7 Å². The molecule has 0 radical (unpaired) electrons. The number of phenols is 1. The second-order valence-electron chi connectivity index (χ2n) is 2.88. The highest BCUT2D eigenvalue weighted by Crippen LogP contribution is 2.41. The Hall–Kier alpha value is -1.37. The van der Waals surface area contributed by atoms with E-state index in [1.54, 1.807) is 0 Å². The van der Waals surface area contributed by atoms with Gasteiger partial charge in [-0.1, -0.05) is 0 Å². The lowest BCUT2D eigenvalue weighted by molar-refractivity contribution is -0.139. The van der Waals surface area contributed by atoms with Crippen molar-refractivity contribution in [3.05, 3.63) is 23.3 Å². The predicted molar refractivity (Wildman–Crippen MR) is 51.8 cm³/mol. The molecule has 0 amide bonds. The average Bonchev–Trinajstić information content (AvgIpc) is 2.15. The van der Waals surface area contributed by atoms with Gasteiger partial charge in [0.1, 0.15) is 5.75 Å². The van der Waals surface area contributed by atoms with Gasteiger partial charge in [-0.3, -0.25) is 0 Å². The van der Waals surface area contributed by atoms with E-state index in [1.807, 2.05) is 0 Å². The Bertz CT molecular complexity index is 429. The molecule has 0 aromatic heterocycles. The van der Waals surface area contributed by atoms with Crippen molar-refractivity contribution < 1.29 is 28.2 Å². The Morgan fingerprint density at radius 3 is 2.31 bits per heavy atom. The number of aromatic carboxylic acids is 1. The summed E-state index contributed by atoms with van der Waals surface area (Å²) < 4.78 is 37.3. The largest absolute Gasteiger partial charge is 0.506 e. The molecule has 0 heterocycles. The molecule has 2 N–H and O–H groups in total. The number of thioether (sulfide) groups is 1. The maximum Gasteiger partial charge on any atom is 0.420 e. The highest BCUT2D eigenvalue weighted by atomic mass is 32.2. The van der Waals surface area contributed by atoms with Crippen molar-refractivity contribution in [2.24, 2.45) is 0 Å². The van der Waals surface area contributed by atoms with Gasteiger partial charge in [0.05, 0.1) is 16.0 Å². The molecule has 0 unspecified atom stereocenters. The Morgan fingerprint density at radius 1 is 1.38 bits per heavy atom. The number of rotatable bonds is 2. The van der Waals surface area contributed by atoms with E-state index in [2.05, 4.69) is 0 Å². The summed E-state index contributed by atoms with van der Waals surface area (Å²) in [7, 11) is 0. The summed E-state index contributed by atoms with van der Waals surface area (Å²) in [6.07, 6.45) is -3.33. The molecule has 0 saturated heterocycles. The molecule has 16 heavy (non-hydrogen) atoms. The van der Waals surface area contributed by atoms with Crippen molar-refractivity contribution in [2.45, 2.75) is 11.1 Å². The molecule has 88 valence electrons. The number of benzene rings is 1. The van der Waals surface area contributed by atoms with Crippen LogP contribution in [-0.4, -0.2) is 22.4 Å². The molecule has 0 bridgehead atoms. The van der Waals surface area contributed by atoms with Crippen molar-refractivity contribution in [3.8, 4) is 5.75 Å². The number of carboxylic acids is 1. The molecule has 0 spiro atoms. The van der Waals surface area contributed by atoms with Crippen LogP contribution in [0.25, 0.3) is 0 Å². The molecule has 0 aliphatic carbocycles. The fourth-order valence-electron chi connectivity index (χ4n) is 1.10. The number of hydrogen-bond donors (Lipinski definition) is 2. The van der Waals surface area contributed by atoms with Gasteiger partial charge in [0.25, 0.3) is 0 Å². The Balaban J connectivity index is 3.48. The van der Waals surface area contributed by atoms with Crippen LogP contribution in [0.15, 0.2) is 17.0 Å². The second-order valence-corrected chi connectivity index (χ2v) is 3.73. The van der Waals surface area contributed by atoms with Gasteiger partial charge >= 0.3 is 12.1 Å². The fourth-order valence-corrected chi connectivity index (χ4v) is 1.65. The molecule has 0 saturated carbocycles. The van der Waals surface area contributed by atoms with E-state index in [0.29, 0.717) is 6.07 Å². The fraction of sp³-hybridized carbons (Fsp3) is 0.222. The third kappa shape index (κ3) is 2.41. The van der Waals surface area contributed by atoms with E-state index in [0.717, 1.165) is 17.8 Å². The van der Waals surface area contributed by atoms with Crippen molar-refractivity contribution in [1.29, 1.82) is 0 Å². The summed E-state index contributed by atoms with van der Waals surface area (Å²) in [5.74, 6) is -2.41. The normalized spacial score (nSPS) is 11.5. The Kier molecular flexibility index (Phi) is 3.37. The molecule has 3 nitrogen and oxygen atoms in total. The summed E-state index contributed by atoms with van der Waals surface area (Å²) in [6, 6.07) is 1.41. The molecule has 1 aromatic carbocycles. The van der Waals surface area contributed by atoms with Crippen molar-refractivity contribution in [1.82, 2.24) is 0 Å². The number of hydrogen-bond acceptors (Lipinski definition) is 3. The molecule has 0 atom stereocenters. The van der Waals surface area contributed by atoms with E-state index in [4.69, 9.17) is 5.11 Å². The lowest BCUT2D eigenvalue weighted by atomic mass is 10.1. The van der Waals surface area contributed by atoms with Crippen LogP contribution < -0.4 is 0 Å². The van der Waals surface area contributed by atoms with Gasteiger partial charge < -0.3 is 10.2 Å². The molecule has 0 aliphatic rings. The smallest absolute Gasteiger partial charge is 0.420 e. The molecule has 1 rings (SSSR count). The molecular formula is C9H7F3O3S. The van der Waals surface area contributed by atoms with Gasteiger partial charge in [0.2, 0.25) is 0 Å². The molecule has 1 aromatic rings. The van der Waals surface area contributed by atoms with Crippen LogP contribution in [0.5, 0.6) is 5.75 Å². The third-order valence-corrected chi connectivity index (χ3v) is 2.60. The second kappa shape index (κ2) is 4.25. The van der Waals surface area contributed by atoms with E-state index in [1.165, 1.54) is 6.26 Å². The van der Waals surface area contributed by atoms with Crippen molar-refractivity contribution in [3.63, 3.8) is 0 Å². The van der Waals surface area contributed by atoms with E-state index in [9.17, 15) is 23.1 Å². The number of phenolic OH excluding ortho intramolecular Hbond substituents is 1. The van der Waals surface area contributed by atoms with Crippen LogP contribution in [0.1, 0.15) is 15.9 Å². The third-order valence-electron chi connectivity index (χ3n) is 1.85. The standard InChI is InChI=1S/C9H7F3O3S/c1-16-6-3-4(8(14)15)2-5(7(6)13)9(10,11)12/h2-3,13H,1H3,(H,14,15). The lowest BCUT2D eigenvalue weighted by Crippen LogP contribution is -2.08. The summed E-state index contributed by atoms with van der Waals surface area (Å²) >= 11 is 0.844. The number of carbonyl (C=O) groups is 1. The van der Waals surface area contributed by atoms with Gasteiger partial charge in [0.15, 0.2) is 0 Å². The summed E-state index contributed by atoms with van der Waals surface area (Å²) in [5, 5.41) is 17.9. The van der Waals surface area contributed by atoms with Crippen molar-refractivity contribution in [2.75, 3.05) is 6.26 Å². The molecular weight excluding hydrogens is 245 g/mol. The van der Waals surface area contributed by atoms with Gasteiger partial charge in [-0.05, 0) is 18.4 Å². The Morgan fingerprint density at radius 2 is 1.94 bits per heavy atom. The van der Waals surface area contributed by atoms with Crippen LogP contribution in [0, 0.1) is 0 Å². The molecule has 7 heteroatoms. The highest BCUT2D eigenvalue weighted by Gasteiger charge is 2.35. The maximum absolute atomic E-state index is 12.4. The minimum absolute atomic E-state index is 0.118. The van der Waals surface area contributed by atoms with E-state index < -0.39 is 29.0 Å². The SMILES string of the molecule is CSc1cc(C(=O)O)cc(C(F)(F)F)c1O. The topological polar surface area (TPSA) is 57.5 Å². The number of aromatic hydroxyl groups is 1. The van der Waals surface area contributed by atoms with Crippen LogP contribution >= 0.6 is 11.8 Å².